The molecule has 2 aromatic carbocycles. The lowest BCUT2D eigenvalue weighted by Gasteiger charge is -2.12. The fourth-order valence-corrected chi connectivity index (χ4v) is 2.71. The maximum absolute atomic E-state index is 11.5. The van der Waals surface area contributed by atoms with Gasteiger partial charge in [0.25, 0.3) is 0 Å². The number of rotatable bonds is 9. The van der Waals surface area contributed by atoms with Gasteiger partial charge in [-0.1, -0.05) is 36.4 Å². The number of carboxylic acids is 1. The van der Waals surface area contributed by atoms with Gasteiger partial charge in [0, 0.05) is 12.3 Å². The topological polar surface area (TPSA) is 77.9 Å². The number of hydrogen-bond donors (Lipinski definition) is 1. The molecule has 0 saturated carbocycles. The summed E-state index contributed by atoms with van der Waals surface area (Å²) in [6.45, 7) is 0.561. The molecular weight excluding hydrogens is 370 g/mol. The van der Waals surface area contributed by atoms with E-state index in [1.807, 2.05) is 48.5 Å². The maximum Gasteiger partial charge on any atom is 0.339 e. The summed E-state index contributed by atoms with van der Waals surface area (Å²) in [7, 11) is 1.42. The third-order valence-electron chi connectivity index (χ3n) is 4.09. The Kier molecular flexibility index (Phi) is 6.84. The highest BCUT2D eigenvalue weighted by Gasteiger charge is 2.15. The Bertz CT molecular complexity index is 985. The number of methoxy groups -OCH3 is 1. The van der Waals surface area contributed by atoms with Gasteiger partial charge in [-0.25, -0.2) is 4.79 Å². The zero-order chi connectivity index (χ0) is 20.5. The number of pyridine rings is 1. The zero-order valence-electron chi connectivity index (χ0n) is 15.9. The zero-order valence-corrected chi connectivity index (χ0v) is 15.9. The number of hydrogen-bond acceptors (Lipinski definition) is 5. The molecule has 0 bridgehead atoms. The van der Waals surface area contributed by atoms with Crippen LogP contribution in [0.3, 0.4) is 0 Å². The Morgan fingerprint density at radius 1 is 0.966 bits per heavy atom. The van der Waals surface area contributed by atoms with Crippen LogP contribution in [0.5, 0.6) is 11.5 Å². The largest absolute Gasteiger partial charge is 0.503 e. The van der Waals surface area contributed by atoms with Crippen molar-refractivity contribution in [1.29, 1.82) is 0 Å². The fourth-order valence-electron chi connectivity index (χ4n) is 2.71. The van der Waals surface area contributed by atoms with Crippen LogP contribution in [-0.2, 0) is 22.7 Å². The lowest BCUT2D eigenvalue weighted by molar-refractivity contribution is -0.130. The van der Waals surface area contributed by atoms with E-state index in [-0.39, 0.29) is 12.2 Å². The minimum atomic E-state index is -1.07. The number of carboxylic acid groups (broad SMARTS) is 1. The third-order valence-corrected chi connectivity index (χ3v) is 4.09. The molecule has 3 aromatic rings. The van der Waals surface area contributed by atoms with Crippen molar-refractivity contribution >= 4 is 11.5 Å². The second-order valence-corrected chi connectivity index (χ2v) is 6.10. The molecule has 6 heteroatoms. The second-order valence-electron chi connectivity index (χ2n) is 6.10. The van der Waals surface area contributed by atoms with Crippen LogP contribution < -0.4 is 9.47 Å². The molecule has 0 aliphatic carbocycles. The van der Waals surface area contributed by atoms with E-state index in [1.54, 1.807) is 24.4 Å². The van der Waals surface area contributed by atoms with Gasteiger partial charge in [0.1, 0.15) is 30.3 Å². The van der Waals surface area contributed by atoms with Gasteiger partial charge in [-0.3, -0.25) is 4.98 Å². The molecule has 0 saturated heterocycles. The highest BCUT2D eigenvalue weighted by Crippen LogP contribution is 2.24. The van der Waals surface area contributed by atoms with Crippen molar-refractivity contribution in [3.8, 4) is 11.5 Å². The number of nitrogens with zero attached hydrogens (tertiary/aromatic N) is 1. The average Bonchev–Trinajstić information content (AvgIpc) is 2.76. The van der Waals surface area contributed by atoms with E-state index in [1.165, 1.54) is 13.4 Å². The molecule has 0 unspecified atom stereocenters. The van der Waals surface area contributed by atoms with Crippen LogP contribution in [0.15, 0.2) is 79.2 Å². The molecular formula is C23H21NO5. The van der Waals surface area contributed by atoms with Gasteiger partial charge in [0.2, 0.25) is 0 Å². The standard InChI is InChI=1S/C23H21NO5/c1-27-16-22(23(25)26)21-11-3-2-7-17(21)14-28-19-9-6-10-20(13-19)29-15-18-8-4-5-12-24-18/h2-13,16H,14-15H2,1H3,(H,25,26). The summed E-state index contributed by atoms with van der Waals surface area (Å²) in [5.74, 6) is 0.210. The minimum absolute atomic E-state index is 0.0687. The van der Waals surface area contributed by atoms with Crippen molar-refractivity contribution in [3.05, 3.63) is 96.0 Å². The molecule has 0 atom stereocenters. The average molecular weight is 391 g/mol. The highest BCUT2D eigenvalue weighted by molar-refractivity contribution is 6.15. The molecule has 0 fully saturated rings. The molecule has 29 heavy (non-hydrogen) atoms. The first kappa shape index (κ1) is 19.9. The first-order chi connectivity index (χ1) is 14.2. The maximum atomic E-state index is 11.5. The highest BCUT2D eigenvalue weighted by atomic mass is 16.5. The fraction of sp³-hybridized carbons (Fsp3) is 0.130. The third kappa shape index (κ3) is 5.59. The van der Waals surface area contributed by atoms with Crippen molar-refractivity contribution in [3.63, 3.8) is 0 Å². The summed E-state index contributed by atoms with van der Waals surface area (Å²) in [5.41, 5.74) is 2.18. The lowest BCUT2D eigenvalue weighted by Crippen LogP contribution is -2.06. The summed E-state index contributed by atoms with van der Waals surface area (Å²) in [6.07, 6.45) is 2.94. The smallest absolute Gasteiger partial charge is 0.339 e. The van der Waals surface area contributed by atoms with Gasteiger partial charge in [-0.15, -0.1) is 0 Å². The Hall–Kier alpha value is -3.80. The Balaban J connectivity index is 1.69. The molecule has 3 rings (SSSR count). The van der Waals surface area contributed by atoms with E-state index >= 15 is 0 Å². The van der Waals surface area contributed by atoms with E-state index in [9.17, 15) is 9.90 Å². The molecule has 0 aliphatic rings. The van der Waals surface area contributed by atoms with E-state index in [2.05, 4.69) is 4.98 Å². The number of carbonyl (C=O) groups is 1. The monoisotopic (exact) mass is 391 g/mol. The number of aliphatic carboxylic acids is 1. The van der Waals surface area contributed by atoms with Gasteiger partial charge in [0.15, 0.2) is 0 Å². The lowest BCUT2D eigenvalue weighted by atomic mass is 10.0. The Labute approximate surface area is 169 Å². The van der Waals surface area contributed by atoms with Crippen LogP contribution in [0.4, 0.5) is 0 Å². The van der Waals surface area contributed by atoms with Crippen LogP contribution in [0.1, 0.15) is 16.8 Å². The minimum Gasteiger partial charge on any atom is -0.503 e. The van der Waals surface area contributed by atoms with E-state index in [0.717, 1.165) is 11.3 Å². The van der Waals surface area contributed by atoms with Crippen molar-refractivity contribution < 1.29 is 24.1 Å². The van der Waals surface area contributed by atoms with E-state index < -0.39 is 5.97 Å². The van der Waals surface area contributed by atoms with E-state index in [4.69, 9.17) is 14.2 Å². The predicted molar refractivity (Wildman–Crippen MR) is 108 cm³/mol. The second kappa shape index (κ2) is 9.94. The summed E-state index contributed by atoms with van der Waals surface area (Å²) in [4.78, 5) is 15.8. The quantitative estimate of drug-likeness (QED) is 0.433. The molecule has 0 spiro atoms. The first-order valence-corrected chi connectivity index (χ1v) is 8.97. The van der Waals surface area contributed by atoms with Crippen molar-refractivity contribution in [2.75, 3.05) is 7.11 Å². The van der Waals surface area contributed by atoms with Crippen LogP contribution in [0.2, 0.25) is 0 Å². The number of benzene rings is 2. The molecule has 1 N–H and O–H groups in total. The van der Waals surface area contributed by atoms with Gasteiger partial charge in [-0.2, -0.15) is 0 Å². The van der Waals surface area contributed by atoms with Crippen molar-refractivity contribution in [2.45, 2.75) is 13.2 Å². The molecule has 6 nitrogen and oxygen atoms in total. The molecule has 0 aliphatic heterocycles. The Morgan fingerprint density at radius 2 is 1.69 bits per heavy atom. The van der Waals surface area contributed by atoms with Crippen molar-refractivity contribution in [1.82, 2.24) is 4.98 Å². The van der Waals surface area contributed by atoms with Gasteiger partial charge in [-0.05, 0) is 35.4 Å². The first-order valence-electron chi connectivity index (χ1n) is 8.97. The van der Waals surface area contributed by atoms with Crippen LogP contribution in [0.25, 0.3) is 5.57 Å². The normalized spacial score (nSPS) is 11.0. The summed E-state index contributed by atoms with van der Waals surface area (Å²) in [5, 5.41) is 9.45. The molecule has 1 heterocycles. The number of aromatic nitrogens is 1. The van der Waals surface area contributed by atoms with Crippen LogP contribution in [-0.4, -0.2) is 23.2 Å². The van der Waals surface area contributed by atoms with Crippen LogP contribution >= 0.6 is 0 Å². The molecule has 0 radical (unpaired) electrons. The number of ether oxygens (including phenoxy) is 3. The van der Waals surface area contributed by atoms with Crippen molar-refractivity contribution in [2.24, 2.45) is 0 Å². The SMILES string of the molecule is COC=C(C(=O)O)c1ccccc1COc1cccc(OCc2ccccn2)c1. The Morgan fingerprint density at radius 3 is 2.38 bits per heavy atom. The summed E-state index contributed by atoms with van der Waals surface area (Å²) < 4.78 is 16.6. The molecule has 1 aromatic heterocycles. The van der Waals surface area contributed by atoms with Crippen LogP contribution in [0, 0.1) is 0 Å². The molecule has 148 valence electrons. The summed E-state index contributed by atoms with van der Waals surface area (Å²) in [6, 6.07) is 20.1. The predicted octanol–water partition coefficient (Wildman–Crippen LogP) is 4.31. The molecule has 0 amide bonds. The van der Waals surface area contributed by atoms with Gasteiger partial charge < -0.3 is 19.3 Å². The van der Waals surface area contributed by atoms with Gasteiger partial charge in [0.05, 0.1) is 19.1 Å². The van der Waals surface area contributed by atoms with E-state index in [0.29, 0.717) is 23.7 Å². The summed E-state index contributed by atoms with van der Waals surface area (Å²) >= 11 is 0. The van der Waals surface area contributed by atoms with Gasteiger partial charge >= 0.3 is 5.97 Å².